The maximum atomic E-state index is 10.1. The molecule has 8 heteroatoms. The molecule has 1 unspecified atom stereocenters. The molecule has 0 aromatic rings. The van der Waals surface area contributed by atoms with E-state index in [4.69, 9.17) is 14.9 Å². The van der Waals surface area contributed by atoms with Gasteiger partial charge in [0, 0.05) is 6.42 Å². The first-order valence-electron chi connectivity index (χ1n) is 3.64. The monoisotopic (exact) mass is 228 g/mol. The van der Waals surface area contributed by atoms with E-state index in [2.05, 4.69) is 4.52 Å². The highest BCUT2D eigenvalue weighted by Crippen LogP contribution is 2.35. The van der Waals surface area contributed by atoms with Gasteiger partial charge in [0.1, 0.15) is 12.4 Å². The second kappa shape index (κ2) is 7.64. The molecular formula is C6H13O7P. The Morgan fingerprint density at radius 1 is 1.57 bits per heavy atom. The SMILES string of the molecule is CC(O)C=O.CCC(=O)OP(=O)(O)O. The van der Waals surface area contributed by atoms with Crippen molar-refractivity contribution in [2.75, 3.05) is 0 Å². The predicted octanol–water partition coefficient (Wildman–Crippen LogP) is -0.402. The van der Waals surface area contributed by atoms with Crippen LogP contribution in [0.5, 0.6) is 0 Å². The third kappa shape index (κ3) is 17.4. The van der Waals surface area contributed by atoms with Gasteiger partial charge in [0.25, 0.3) is 0 Å². The van der Waals surface area contributed by atoms with Gasteiger partial charge in [0.2, 0.25) is 0 Å². The van der Waals surface area contributed by atoms with Crippen LogP contribution < -0.4 is 0 Å². The van der Waals surface area contributed by atoms with Gasteiger partial charge in [-0.3, -0.25) is 14.6 Å². The summed E-state index contributed by atoms with van der Waals surface area (Å²) >= 11 is 0. The normalized spacial score (nSPS) is 12.1. The average Bonchev–Trinajstić information content (AvgIpc) is 2.02. The summed E-state index contributed by atoms with van der Waals surface area (Å²) in [5.41, 5.74) is 0. The zero-order valence-electron chi connectivity index (χ0n) is 7.78. The summed E-state index contributed by atoms with van der Waals surface area (Å²) in [5, 5.41) is 7.99. The molecule has 0 saturated carbocycles. The lowest BCUT2D eigenvalue weighted by Crippen LogP contribution is -1.98. The van der Waals surface area contributed by atoms with Crippen molar-refractivity contribution in [3.8, 4) is 0 Å². The lowest BCUT2D eigenvalue weighted by molar-refractivity contribution is -0.135. The summed E-state index contributed by atoms with van der Waals surface area (Å²) in [4.78, 5) is 35.3. The number of phosphoric ester groups is 1. The summed E-state index contributed by atoms with van der Waals surface area (Å²) in [6.45, 7) is 2.85. The second-order valence-electron chi connectivity index (χ2n) is 2.18. The van der Waals surface area contributed by atoms with Crippen LogP contribution in [0.1, 0.15) is 20.3 Å². The molecule has 0 saturated heterocycles. The van der Waals surface area contributed by atoms with Crippen molar-refractivity contribution >= 4 is 20.1 Å². The molecule has 0 rings (SSSR count). The fraction of sp³-hybridized carbons (Fsp3) is 0.667. The van der Waals surface area contributed by atoms with Crippen molar-refractivity contribution in [1.82, 2.24) is 0 Å². The molecule has 7 nitrogen and oxygen atoms in total. The molecular weight excluding hydrogens is 215 g/mol. The highest BCUT2D eigenvalue weighted by molar-refractivity contribution is 7.46. The number of phosphoric acid groups is 1. The number of aldehydes is 1. The minimum atomic E-state index is -4.59. The van der Waals surface area contributed by atoms with E-state index in [0.717, 1.165) is 0 Å². The quantitative estimate of drug-likeness (QED) is 0.443. The Labute approximate surface area is 80.9 Å². The zero-order chi connectivity index (χ0) is 11.8. The Bertz CT molecular complexity index is 218. The number of hydrogen-bond donors (Lipinski definition) is 3. The van der Waals surface area contributed by atoms with Gasteiger partial charge in [0.15, 0.2) is 0 Å². The number of aliphatic hydroxyl groups is 1. The van der Waals surface area contributed by atoms with Gasteiger partial charge in [-0.05, 0) is 6.92 Å². The van der Waals surface area contributed by atoms with Crippen LogP contribution in [-0.4, -0.2) is 33.3 Å². The van der Waals surface area contributed by atoms with Crippen LogP contribution in [0.4, 0.5) is 0 Å². The molecule has 84 valence electrons. The smallest absolute Gasteiger partial charge is 0.386 e. The van der Waals surface area contributed by atoms with Crippen molar-refractivity contribution in [3.05, 3.63) is 0 Å². The topological polar surface area (TPSA) is 121 Å². The molecule has 0 spiro atoms. The molecule has 0 aliphatic carbocycles. The molecule has 0 fully saturated rings. The first-order chi connectivity index (χ1) is 6.22. The summed E-state index contributed by atoms with van der Waals surface area (Å²) in [7, 11) is -4.59. The minimum Gasteiger partial charge on any atom is -0.386 e. The van der Waals surface area contributed by atoms with Gasteiger partial charge in [0.05, 0.1) is 0 Å². The van der Waals surface area contributed by atoms with Crippen LogP contribution >= 0.6 is 7.82 Å². The zero-order valence-corrected chi connectivity index (χ0v) is 8.68. The average molecular weight is 228 g/mol. The third-order valence-electron chi connectivity index (χ3n) is 0.706. The fourth-order valence-corrected chi connectivity index (χ4v) is 0.592. The van der Waals surface area contributed by atoms with Gasteiger partial charge in [-0.25, -0.2) is 4.57 Å². The molecule has 0 aromatic carbocycles. The van der Waals surface area contributed by atoms with Gasteiger partial charge in [-0.2, -0.15) is 0 Å². The molecule has 0 heterocycles. The highest BCUT2D eigenvalue weighted by atomic mass is 31.2. The predicted molar refractivity (Wildman–Crippen MR) is 46.2 cm³/mol. The van der Waals surface area contributed by atoms with Crippen LogP contribution in [0.2, 0.25) is 0 Å². The Morgan fingerprint density at radius 2 is 1.93 bits per heavy atom. The molecule has 0 aromatic heterocycles. The first-order valence-corrected chi connectivity index (χ1v) is 5.17. The highest BCUT2D eigenvalue weighted by Gasteiger charge is 2.18. The summed E-state index contributed by atoms with van der Waals surface area (Å²) in [5.74, 6) is -0.900. The Balaban J connectivity index is 0. The molecule has 1 atom stereocenters. The second-order valence-corrected chi connectivity index (χ2v) is 3.35. The molecule has 3 N–H and O–H groups in total. The van der Waals surface area contributed by atoms with Crippen molar-refractivity contribution in [2.45, 2.75) is 26.4 Å². The van der Waals surface area contributed by atoms with E-state index in [0.29, 0.717) is 6.29 Å². The van der Waals surface area contributed by atoms with Crippen molar-refractivity contribution in [1.29, 1.82) is 0 Å². The summed E-state index contributed by atoms with van der Waals surface area (Å²) in [6, 6.07) is 0. The van der Waals surface area contributed by atoms with Crippen LogP contribution in [-0.2, 0) is 18.7 Å². The lowest BCUT2D eigenvalue weighted by atomic mass is 10.5. The van der Waals surface area contributed by atoms with Crippen molar-refractivity contribution in [2.24, 2.45) is 0 Å². The van der Waals surface area contributed by atoms with Crippen LogP contribution in [0.15, 0.2) is 0 Å². The van der Waals surface area contributed by atoms with Crippen LogP contribution in [0.3, 0.4) is 0 Å². The van der Waals surface area contributed by atoms with Crippen molar-refractivity contribution < 1.29 is 33.6 Å². The van der Waals surface area contributed by atoms with E-state index in [1.54, 1.807) is 0 Å². The lowest BCUT2D eigenvalue weighted by Gasteiger charge is -2.01. The number of rotatable bonds is 3. The van der Waals surface area contributed by atoms with Crippen LogP contribution in [0.25, 0.3) is 0 Å². The molecule has 14 heavy (non-hydrogen) atoms. The van der Waals surface area contributed by atoms with E-state index in [1.165, 1.54) is 13.8 Å². The van der Waals surface area contributed by atoms with Crippen LogP contribution in [0, 0.1) is 0 Å². The number of carbonyl (C=O) groups excluding carboxylic acids is 2. The molecule has 0 radical (unpaired) electrons. The summed E-state index contributed by atoms with van der Waals surface area (Å²) in [6.07, 6.45) is -0.361. The van der Waals surface area contributed by atoms with E-state index >= 15 is 0 Å². The van der Waals surface area contributed by atoms with Crippen molar-refractivity contribution in [3.63, 3.8) is 0 Å². The fourth-order valence-electron chi connectivity index (χ4n) is 0.197. The molecule has 0 amide bonds. The number of carbonyl (C=O) groups is 2. The summed E-state index contributed by atoms with van der Waals surface area (Å²) < 4.78 is 13.5. The molecule has 0 aliphatic rings. The third-order valence-corrected chi connectivity index (χ3v) is 1.15. The Hall–Kier alpha value is -0.750. The van der Waals surface area contributed by atoms with E-state index in [1.807, 2.05) is 0 Å². The minimum absolute atomic E-state index is 0.0366. The largest absolute Gasteiger partial charge is 0.526 e. The maximum Gasteiger partial charge on any atom is 0.526 e. The van der Waals surface area contributed by atoms with Gasteiger partial charge in [-0.15, -0.1) is 0 Å². The first kappa shape index (κ1) is 15.7. The Kier molecular flexibility index (Phi) is 8.57. The van der Waals surface area contributed by atoms with E-state index in [-0.39, 0.29) is 6.42 Å². The number of aliphatic hydroxyl groups excluding tert-OH is 1. The molecule has 0 aliphatic heterocycles. The van der Waals surface area contributed by atoms with Gasteiger partial charge >= 0.3 is 13.8 Å². The standard InChI is InChI=1S/C3H7O5P.C3H6O2/c1-2-3(4)8-9(5,6)7;1-3(5)2-4/h2H2,1H3,(H2,5,6,7);2-3,5H,1H3. The Morgan fingerprint density at radius 3 is 2.00 bits per heavy atom. The maximum absolute atomic E-state index is 10.1. The van der Waals surface area contributed by atoms with Gasteiger partial charge < -0.3 is 14.4 Å². The van der Waals surface area contributed by atoms with Gasteiger partial charge in [-0.1, -0.05) is 6.92 Å². The number of hydrogen-bond acceptors (Lipinski definition) is 5. The molecule has 0 bridgehead atoms. The van der Waals surface area contributed by atoms with E-state index < -0.39 is 19.9 Å². The van der Waals surface area contributed by atoms with E-state index in [9.17, 15) is 14.2 Å².